The van der Waals surface area contributed by atoms with Gasteiger partial charge in [0.1, 0.15) is 11.4 Å². The summed E-state index contributed by atoms with van der Waals surface area (Å²) in [5.41, 5.74) is -0.0426. The van der Waals surface area contributed by atoms with E-state index in [2.05, 4.69) is 0 Å². The molecule has 2 aromatic rings. The van der Waals surface area contributed by atoms with Gasteiger partial charge in [0.2, 0.25) is 0 Å². The maximum atomic E-state index is 11.5. The standard InChI is InChI=1S/C12H10NO5/c1-7(14)4-9-5-8-6-10(13(16)17)2-3-11(8)18-12(9)15/h2-3,5-6,16H,4H2,1H3/q-1. The summed E-state index contributed by atoms with van der Waals surface area (Å²) in [6.45, 7) is 1.37. The molecule has 0 fully saturated rings. The highest BCUT2D eigenvalue weighted by molar-refractivity contribution is 5.83. The molecule has 0 unspecified atom stereocenters. The first-order valence-corrected chi connectivity index (χ1v) is 5.20. The van der Waals surface area contributed by atoms with Crippen molar-refractivity contribution < 1.29 is 14.4 Å². The fourth-order valence-electron chi connectivity index (χ4n) is 1.66. The summed E-state index contributed by atoms with van der Waals surface area (Å²) in [7, 11) is 0. The molecule has 1 aromatic carbocycles. The fraction of sp³-hybridized carbons (Fsp3) is 0.167. The summed E-state index contributed by atoms with van der Waals surface area (Å²) in [6, 6.07) is 5.58. The van der Waals surface area contributed by atoms with Crippen LogP contribution in [0.2, 0.25) is 0 Å². The maximum absolute atomic E-state index is 11.5. The van der Waals surface area contributed by atoms with E-state index in [4.69, 9.17) is 9.62 Å². The van der Waals surface area contributed by atoms with Crippen LogP contribution in [0.15, 0.2) is 33.5 Å². The third-order valence-electron chi connectivity index (χ3n) is 2.45. The molecule has 0 spiro atoms. The van der Waals surface area contributed by atoms with E-state index in [1.54, 1.807) is 0 Å². The van der Waals surface area contributed by atoms with Crippen LogP contribution in [0.3, 0.4) is 0 Å². The van der Waals surface area contributed by atoms with Gasteiger partial charge in [0.25, 0.3) is 0 Å². The fourth-order valence-corrected chi connectivity index (χ4v) is 1.66. The Morgan fingerprint density at radius 1 is 1.44 bits per heavy atom. The van der Waals surface area contributed by atoms with Crippen LogP contribution in [-0.4, -0.2) is 11.0 Å². The summed E-state index contributed by atoms with van der Waals surface area (Å²) in [5.74, 6) is -0.162. The number of benzene rings is 1. The Hall–Kier alpha value is -2.18. The zero-order valence-corrected chi connectivity index (χ0v) is 9.54. The van der Waals surface area contributed by atoms with Crippen molar-refractivity contribution in [1.82, 2.24) is 0 Å². The number of anilines is 1. The first-order valence-electron chi connectivity index (χ1n) is 5.20. The molecule has 0 aliphatic heterocycles. The van der Waals surface area contributed by atoms with Crippen LogP contribution in [0.25, 0.3) is 11.0 Å². The van der Waals surface area contributed by atoms with Crippen molar-refractivity contribution in [1.29, 1.82) is 0 Å². The minimum Gasteiger partial charge on any atom is -0.733 e. The lowest BCUT2D eigenvalue weighted by Gasteiger charge is -2.21. The Bertz CT molecular complexity index is 659. The second-order valence-electron chi connectivity index (χ2n) is 3.93. The lowest BCUT2D eigenvalue weighted by molar-refractivity contribution is -0.116. The van der Waals surface area contributed by atoms with Crippen molar-refractivity contribution in [3.8, 4) is 0 Å². The van der Waals surface area contributed by atoms with E-state index >= 15 is 0 Å². The maximum Gasteiger partial charge on any atom is 0.339 e. The largest absolute Gasteiger partial charge is 0.733 e. The summed E-state index contributed by atoms with van der Waals surface area (Å²) >= 11 is 0. The molecule has 1 N–H and O–H groups in total. The van der Waals surface area contributed by atoms with E-state index in [1.807, 2.05) is 0 Å². The van der Waals surface area contributed by atoms with Crippen LogP contribution in [0.5, 0.6) is 0 Å². The van der Waals surface area contributed by atoms with Crippen LogP contribution in [-0.2, 0) is 11.2 Å². The predicted octanol–water partition coefficient (Wildman–Crippen LogP) is 1.62. The summed E-state index contributed by atoms with van der Waals surface area (Å²) in [4.78, 5) is 22.5. The van der Waals surface area contributed by atoms with E-state index in [-0.39, 0.29) is 34.3 Å². The van der Waals surface area contributed by atoms with Crippen LogP contribution in [0, 0.1) is 5.21 Å². The summed E-state index contributed by atoms with van der Waals surface area (Å²) < 4.78 is 5.02. The molecule has 0 aliphatic rings. The Morgan fingerprint density at radius 3 is 2.78 bits per heavy atom. The molecular formula is C12H10NO5-. The van der Waals surface area contributed by atoms with Gasteiger partial charge in [-0.3, -0.25) is 10.0 Å². The molecule has 0 saturated carbocycles. The van der Waals surface area contributed by atoms with Crippen molar-refractivity contribution in [2.75, 3.05) is 5.23 Å². The van der Waals surface area contributed by atoms with Gasteiger partial charge in [-0.25, -0.2) is 4.79 Å². The molecule has 0 saturated heterocycles. The summed E-state index contributed by atoms with van der Waals surface area (Å²) in [6.07, 6.45) is -0.0251. The Kier molecular flexibility index (Phi) is 3.14. The summed E-state index contributed by atoms with van der Waals surface area (Å²) in [5, 5.41) is 19.7. The molecule has 94 valence electrons. The lowest BCUT2D eigenvalue weighted by Crippen LogP contribution is -2.11. The minimum atomic E-state index is -0.576. The Morgan fingerprint density at radius 2 is 2.17 bits per heavy atom. The highest BCUT2D eigenvalue weighted by Crippen LogP contribution is 2.20. The van der Waals surface area contributed by atoms with Crippen molar-refractivity contribution in [2.45, 2.75) is 13.3 Å². The van der Waals surface area contributed by atoms with E-state index in [0.29, 0.717) is 5.39 Å². The van der Waals surface area contributed by atoms with E-state index < -0.39 is 5.63 Å². The van der Waals surface area contributed by atoms with Crippen LogP contribution < -0.4 is 10.9 Å². The van der Waals surface area contributed by atoms with E-state index in [9.17, 15) is 14.8 Å². The molecular weight excluding hydrogens is 238 g/mol. The number of carbonyl (C=O) groups excluding carboxylic acids is 1. The number of fused-ring (bicyclic) bond motifs is 1. The quantitative estimate of drug-likeness (QED) is 0.655. The number of rotatable bonds is 3. The van der Waals surface area contributed by atoms with Crippen LogP contribution in [0.4, 0.5) is 5.69 Å². The van der Waals surface area contributed by atoms with Gasteiger partial charge in [0, 0.05) is 17.4 Å². The van der Waals surface area contributed by atoms with Crippen molar-refractivity contribution in [2.24, 2.45) is 0 Å². The topological polar surface area (TPSA) is 93.8 Å². The molecule has 6 nitrogen and oxygen atoms in total. The SMILES string of the molecule is CC(=O)Cc1cc2cc(N([O-])O)ccc2oc1=O. The molecule has 0 atom stereocenters. The second kappa shape index (κ2) is 4.59. The Balaban J connectivity index is 2.59. The number of carbonyl (C=O) groups is 1. The monoisotopic (exact) mass is 248 g/mol. The normalized spacial score (nSPS) is 10.6. The van der Waals surface area contributed by atoms with Gasteiger partial charge >= 0.3 is 5.63 Å². The number of nitrogens with zero attached hydrogens (tertiary/aromatic N) is 1. The zero-order chi connectivity index (χ0) is 13.3. The number of ketones is 1. The molecule has 0 radical (unpaired) electrons. The van der Waals surface area contributed by atoms with Gasteiger partial charge in [-0.1, -0.05) is 0 Å². The molecule has 0 amide bonds. The Labute approximate surface area is 102 Å². The molecule has 0 aliphatic carbocycles. The third-order valence-corrected chi connectivity index (χ3v) is 2.45. The molecule has 6 heteroatoms. The van der Waals surface area contributed by atoms with Crippen LogP contribution in [0.1, 0.15) is 12.5 Å². The lowest BCUT2D eigenvalue weighted by atomic mass is 10.1. The second-order valence-corrected chi connectivity index (χ2v) is 3.93. The zero-order valence-electron chi connectivity index (χ0n) is 9.54. The highest BCUT2D eigenvalue weighted by Gasteiger charge is 2.08. The third kappa shape index (κ3) is 2.39. The van der Waals surface area contributed by atoms with Crippen molar-refractivity contribution in [3.05, 3.63) is 45.5 Å². The van der Waals surface area contributed by atoms with Gasteiger partial charge in [-0.2, -0.15) is 0 Å². The van der Waals surface area contributed by atoms with E-state index in [0.717, 1.165) is 0 Å². The average molecular weight is 248 g/mol. The number of hydrogen-bond acceptors (Lipinski definition) is 6. The predicted molar refractivity (Wildman–Crippen MR) is 64.5 cm³/mol. The molecule has 18 heavy (non-hydrogen) atoms. The number of hydrogen-bond donors (Lipinski definition) is 1. The van der Waals surface area contributed by atoms with Gasteiger partial charge in [0.05, 0.1) is 5.69 Å². The van der Waals surface area contributed by atoms with Gasteiger partial charge in [-0.05, 0) is 31.2 Å². The van der Waals surface area contributed by atoms with Gasteiger partial charge in [0.15, 0.2) is 0 Å². The van der Waals surface area contributed by atoms with Crippen molar-refractivity contribution >= 4 is 22.4 Å². The van der Waals surface area contributed by atoms with Crippen molar-refractivity contribution in [3.63, 3.8) is 0 Å². The highest BCUT2D eigenvalue weighted by atomic mass is 16.8. The smallest absolute Gasteiger partial charge is 0.339 e. The molecule has 2 rings (SSSR count). The van der Waals surface area contributed by atoms with Gasteiger partial charge in [-0.15, -0.1) is 0 Å². The van der Waals surface area contributed by atoms with Gasteiger partial charge < -0.3 is 14.9 Å². The average Bonchev–Trinajstić information content (AvgIpc) is 2.28. The minimum absolute atomic E-state index is 0.0186. The van der Waals surface area contributed by atoms with Crippen LogP contribution >= 0.6 is 0 Å². The first kappa shape index (κ1) is 12.3. The number of Topliss-reactive ketones (excluding diaryl/α,β-unsaturated/α-hetero) is 1. The first-order chi connectivity index (χ1) is 8.47. The molecule has 0 bridgehead atoms. The molecule has 1 heterocycles. The van der Waals surface area contributed by atoms with E-state index in [1.165, 1.54) is 31.2 Å². The molecule has 1 aromatic heterocycles.